The quantitative estimate of drug-likeness (QED) is 0.882. The number of aromatic nitrogens is 1. The van der Waals surface area contributed by atoms with Gasteiger partial charge in [0, 0.05) is 23.8 Å². The molecular formula is C16H22N2. The van der Waals surface area contributed by atoms with E-state index in [4.69, 9.17) is 0 Å². The highest BCUT2D eigenvalue weighted by Gasteiger charge is 2.21. The first-order valence-corrected chi connectivity index (χ1v) is 6.65. The third-order valence-electron chi connectivity index (χ3n) is 3.94. The number of pyridine rings is 1. The second kappa shape index (κ2) is 5.49. The standard InChI is InChI=1S/C16H22N2/c1-11(2)12(3)16(17-4)14-7-5-6-13-8-9-18-10-15(13)14/h5-12,16-17H,1-4H3. The van der Waals surface area contributed by atoms with Crippen molar-refractivity contribution >= 4 is 10.8 Å². The summed E-state index contributed by atoms with van der Waals surface area (Å²) in [6.07, 6.45) is 3.83. The molecule has 0 radical (unpaired) electrons. The minimum Gasteiger partial charge on any atom is -0.313 e. The van der Waals surface area contributed by atoms with Gasteiger partial charge in [-0.3, -0.25) is 4.98 Å². The third-order valence-corrected chi connectivity index (χ3v) is 3.94. The summed E-state index contributed by atoms with van der Waals surface area (Å²) in [7, 11) is 2.04. The van der Waals surface area contributed by atoms with Crippen molar-refractivity contribution in [1.82, 2.24) is 10.3 Å². The lowest BCUT2D eigenvalue weighted by molar-refractivity contribution is 0.318. The molecule has 2 heteroatoms. The fourth-order valence-corrected chi connectivity index (χ4v) is 2.49. The molecule has 2 atom stereocenters. The normalized spacial score (nSPS) is 14.9. The summed E-state index contributed by atoms with van der Waals surface area (Å²) in [6.45, 7) is 6.86. The van der Waals surface area contributed by atoms with Crippen molar-refractivity contribution in [1.29, 1.82) is 0 Å². The largest absolute Gasteiger partial charge is 0.313 e. The van der Waals surface area contributed by atoms with E-state index >= 15 is 0 Å². The van der Waals surface area contributed by atoms with E-state index in [0.717, 1.165) is 0 Å². The molecule has 1 aromatic heterocycles. The Morgan fingerprint density at radius 1 is 1.11 bits per heavy atom. The molecule has 2 rings (SSSR count). The lowest BCUT2D eigenvalue weighted by atomic mass is 9.84. The molecule has 0 spiro atoms. The summed E-state index contributed by atoms with van der Waals surface area (Å²) in [5.41, 5.74) is 1.35. The zero-order valence-corrected chi connectivity index (χ0v) is 11.6. The smallest absolute Gasteiger partial charge is 0.0352 e. The van der Waals surface area contributed by atoms with Crippen LogP contribution in [0.3, 0.4) is 0 Å². The molecule has 96 valence electrons. The third kappa shape index (κ3) is 2.39. The summed E-state index contributed by atoms with van der Waals surface area (Å²) < 4.78 is 0. The number of hydrogen-bond donors (Lipinski definition) is 1. The van der Waals surface area contributed by atoms with Gasteiger partial charge in [0.2, 0.25) is 0 Å². The van der Waals surface area contributed by atoms with Crippen LogP contribution in [0, 0.1) is 11.8 Å². The molecule has 0 aliphatic carbocycles. The van der Waals surface area contributed by atoms with Gasteiger partial charge in [0.25, 0.3) is 0 Å². The van der Waals surface area contributed by atoms with Crippen LogP contribution in [0.4, 0.5) is 0 Å². The lowest BCUT2D eigenvalue weighted by Crippen LogP contribution is -2.26. The lowest BCUT2D eigenvalue weighted by Gasteiger charge is -2.28. The molecule has 1 N–H and O–H groups in total. The van der Waals surface area contributed by atoms with Gasteiger partial charge in [0.1, 0.15) is 0 Å². The van der Waals surface area contributed by atoms with Gasteiger partial charge >= 0.3 is 0 Å². The summed E-state index contributed by atoms with van der Waals surface area (Å²) in [4.78, 5) is 4.27. The van der Waals surface area contributed by atoms with Crippen molar-refractivity contribution in [2.75, 3.05) is 7.05 Å². The van der Waals surface area contributed by atoms with Gasteiger partial charge in [-0.15, -0.1) is 0 Å². The predicted octanol–water partition coefficient (Wildman–Crippen LogP) is 3.79. The summed E-state index contributed by atoms with van der Waals surface area (Å²) in [5, 5.41) is 5.98. The molecule has 0 amide bonds. The minimum absolute atomic E-state index is 0.373. The van der Waals surface area contributed by atoms with E-state index in [2.05, 4.69) is 55.3 Å². The highest BCUT2D eigenvalue weighted by atomic mass is 14.9. The van der Waals surface area contributed by atoms with Crippen molar-refractivity contribution in [3.63, 3.8) is 0 Å². The summed E-state index contributed by atoms with van der Waals surface area (Å²) in [6, 6.07) is 8.94. The van der Waals surface area contributed by atoms with Crippen molar-refractivity contribution in [2.45, 2.75) is 26.8 Å². The molecule has 0 aliphatic heterocycles. The van der Waals surface area contributed by atoms with Crippen LogP contribution in [0.25, 0.3) is 10.8 Å². The van der Waals surface area contributed by atoms with Crippen LogP contribution in [-0.2, 0) is 0 Å². The van der Waals surface area contributed by atoms with Crippen LogP contribution in [0.2, 0.25) is 0 Å². The Morgan fingerprint density at radius 2 is 1.89 bits per heavy atom. The zero-order valence-electron chi connectivity index (χ0n) is 11.6. The molecular weight excluding hydrogens is 220 g/mol. The summed E-state index contributed by atoms with van der Waals surface area (Å²) >= 11 is 0. The van der Waals surface area contributed by atoms with E-state index in [1.54, 1.807) is 0 Å². The Balaban J connectivity index is 2.51. The number of hydrogen-bond acceptors (Lipinski definition) is 2. The van der Waals surface area contributed by atoms with Crippen LogP contribution in [0.5, 0.6) is 0 Å². The van der Waals surface area contributed by atoms with Crippen LogP contribution in [-0.4, -0.2) is 12.0 Å². The molecule has 18 heavy (non-hydrogen) atoms. The predicted molar refractivity (Wildman–Crippen MR) is 77.5 cm³/mol. The summed E-state index contributed by atoms with van der Waals surface area (Å²) in [5.74, 6) is 1.23. The highest BCUT2D eigenvalue weighted by Crippen LogP contribution is 2.31. The zero-order chi connectivity index (χ0) is 13.1. The van der Waals surface area contributed by atoms with Gasteiger partial charge in [0.05, 0.1) is 0 Å². The van der Waals surface area contributed by atoms with Gasteiger partial charge in [-0.1, -0.05) is 39.0 Å². The SMILES string of the molecule is CNC(c1cccc2ccncc12)C(C)C(C)C. The van der Waals surface area contributed by atoms with Crippen molar-refractivity contribution in [2.24, 2.45) is 11.8 Å². The number of nitrogens with zero attached hydrogens (tertiary/aromatic N) is 1. The van der Waals surface area contributed by atoms with Gasteiger partial charge < -0.3 is 5.32 Å². The molecule has 0 fully saturated rings. The average Bonchev–Trinajstić information content (AvgIpc) is 2.39. The number of rotatable bonds is 4. The highest BCUT2D eigenvalue weighted by molar-refractivity contribution is 5.85. The number of fused-ring (bicyclic) bond motifs is 1. The van der Waals surface area contributed by atoms with Gasteiger partial charge in [0.15, 0.2) is 0 Å². The molecule has 2 nitrogen and oxygen atoms in total. The fourth-order valence-electron chi connectivity index (χ4n) is 2.49. The first kappa shape index (κ1) is 13.0. The van der Waals surface area contributed by atoms with Crippen LogP contribution < -0.4 is 5.32 Å². The maximum atomic E-state index is 4.27. The topological polar surface area (TPSA) is 24.9 Å². The Kier molecular flexibility index (Phi) is 3.97. The maximum Gasteiger partial charge on any atom is 0.0352 e. The van der Waals surface area contributed by atoms with E-state index in [1.807, 2.05) is 19.4 Å². The second-order valence-corrected chi connectivity index (χ2v) is 5.31. The van der Waals surface area contributed by atoms with E-state index < -0.39 is 0 Å². The number of benzene rings is 1. The van der Waals surface area contributed by atoms with E-state index in [1.165, 1.54) is 16.3 Å². The van der Waals surface area contributed by atoms with Crippen LogP contribution in [0.15, 0.2) is 36.7 Å². The molecule has 0 bridgehead atoms. The molecule has 1 heterocycles. The molecule has 1 aromatic carbocycles. The minimum atomic E-state index is 0.373. The van der Waals surface area contributed by atoms with Gasteiger partial charge in [-0.2, -0.15) is 0 Å². The van der Waals surface area contributed by atoms with Crippen molar-refractivity contribution < 1.29 is 0 Å². The van der Waals surface area contributed by atoms with Gasteiger partial charge in [-0.25, -0.2) is 0 Å². The van der Waals surface area contributed by atoms with Crippen molar-refractivity contribution in [3.8, 4) is 0 Å². The van der Waals surface area contributed by atoms with E-state index in [-0.39, 0.29) is 0 Å². The molecule has 0 saturated heterocycles. The first-order chi connectivity index (χ1) is 8.65. The van der Waals surface area contributed by atoms with Crippen LogP contribution >= 0.6 is 0 Å². The Bertz CT molecular complexity index is 514. The van der Waals surface area contributed by atoms with E-state index in [9.17, 15) is 0 Å². The van der Waals surface area contributed by atoms with Crippen LogP contribution in [0.1, 0.15) is 32.4 Å². The van der Waals surface area contributed by atoms with Crippen molar-refractivity contribution in [3.05, 3.63) is 42.2 Å². The number of nitrogens with one attached hydrogen (secondary N) is 1. The van der Waals surface area contributed by atoms with Gasteiger partial charge in [-0.05, 0) is 35.9 Å². The Hall–Kier alpha value is -1.41. The van der Waals surface area contributed by atoms with E-state index in [0.29, 0.717) is 17.9 Å². The molecule has 2 aromatic rings. The monoisotopic (exact) mass is 242 g/mol. The fraction of sp³-hybridized carbons (Fsp3) is 0.438. The second-order valence-electron chi connectivity index (χ2n) is 5.31. The molecule has 0 saturated carbocycles. The maximum absolute atomic E-state index is 4.27. The molecule has 2 unspecified atom stereocenters. The average molecular weight is 242 g/mol. The first-order valence-electron chi connectivity index (χ1n) is 6.65. The Morgan fingerprint density at radius 3 is 2.56 bits per heavy atom. The molecule has 0 aliphatic rings. The Labute approximate surface area is 109 Å².